The molecule has 0 spiro atoms. The number of hydrogen-bond acceptors (Lipinski definition) is 11. The minimum Gasteiger partial charge on any atom is -0.508 e. The second kappa shape index (κ2) is 13.1. The number of methoxy groups -OCH3 is 1. The van der Waals surface area contributed by atoms with Gasteiger partial charge in [-0.3, -0.25) is 0 Å². The number of aromatic hydroxyl groups is 1. The Hall–Kier alpha value is -3.96. The van der Waals surface area contributed by atoms with Crippen molar-refractivity contribution in [2.24, 2.45) is 0 Å². The Morgan fingerprint density at radius 2 is 1.09 bits per heavy atom. The second-order valence-electron chi connectivity index (χ2n) is 7.35. The normalized spacial score (nSPS) is 12.2. The van der Waals surface area contributed by atoms with Crippen LogP contribution in [0.5, 0.6) is 5.75 Å². The van der Waals surface area contributed by atoms with Crippen LogP contribution in [-0.4, -0.2) is 78.3 Å². The van der Waals surface area contributed by atoms with Crippen LogP contribution in [0.25, 0.3) is 0 Å². The molecule has 2 unspecified atom stereocenters. The lowest BCUT2D eigenvalue weighted by Gasteiger charge is -2.13. The number of benzene rings is 2. The van der Waals surface area contributed by atoms with Gasteiger partial charge in [-0.25, -0.2) is 19.2 Å². The number of carbonyl (C=O) groups excluding carboxylic acids is 4. The fourth-order valence-electron chi connectivity index (χ4n) is 2.64. The molecule has 0 aromatic heterocycles. The van der Waals surface area contributed by atoms with Gasteiger partial charge in [-0.15, -0.1) is 0 Å². The van der Waals surface area contributed by atoms with Gasteiger partial charge in [0.2, 0.25) is 0 Å². The molecule has 35 heavy (non-hydrogen) atoms. The van der Waals surface area contributed by atoms with Crippen molar-refractivity contribution in [2.75, 3.05) is 26.9 Å². The van der Waals surface area contributed by atoms with E-state index in [0.717, 1.165) is 18.2 Å². The standard InChI is InChI=1S/C24H26O11/c1-3-18(25)11-33-23(30)16-8-17(10-19(26)9-16)24(31)35-13-20(27)12-34-22(29)15-6-4-14(5-7-15)21(28)32-2/h4-10,18,20,25-27H,3,11-13H2,1-2H3. The van der Waals surface area contributed by atoms with Crippen molar-refractivity contribution >= 4 is 23.9 Å². The highest BCUT2D eigenvalue weighted by Gasteiger charge is 2.18. The fraction of sp³-hybridized carbons (Fsp3) is 0.333. The maximum absolute atomic E-state index is 12.3. The summed E-state index contributed by atoms with van der Waals surface area (Å²) in [5.41, 5.74) is 0.0706. The van der Waals surface area contributed by atoms with Crippen molar-refractivity contribution in [3.05, 3.63) is 64.7 Å². The van der Waals surface area contributed by atoms with Crippen LogP contribution in [0.3, 0.4) is 0 Å². The van der Waals surface area contributed by atoms with Crippen LogP contribution >= 0.6 is 0 Å². The zero-order valence-corrected chi connectivity index (χ0v) is 19.1. The lowest BCUT2D eigenvalue weighted by Crippen LogP contribution is -2.25. The molecular formula is C24H26O11. The Balaban J connectivity index is 1.87. The number of rotatable bonds is 11. The third-order valence-electron chi connectivity index (χ3n) is 4.62. The van der Waals surface area contributed by atoms with Crippen LogP contribution in [0.2, 0.25) is 0 Å². The van der Waals surface area contributed by atoms with Crippen molar-refractivity contribution in [1.82, 2.24) is 0 Å². The van der Waals surface area contributed by atoms with Gasteiger partial charge in [0.1, 0.15) is 31.7 Å². The van der Waals surface area contributed by atoms with E-state index < -0.39 is 55.0 Å². The van der Waals surface area contributed by atoms with Gasteiger partial charge in [0, 0.05) is 0 Å². The lowest BCUT2D eigenvalue weighted by atomic mass is 10.1. The average Bonchev–Trinajstić information content (AvgIpc) is 2.87. The Labute approximate surface area is 200 Å². The molecule has 0 aliphatic heterocycles. The Kier molecular flexibility index (Phi) is 10.2. The second-order valence-corrected chi connectivity index (χ2v) is 7.35. The van der Waals surface area contributed by atoms with Crippen molar-refractivity contribution in [3.63, 3.8) is 0 Å². The first-order chi connectivity index (χ1) is 16.6. The van der Waals surface area contributed by atoms with E-state index in [1.54, 1.807) is 6.92 Å². The summed E-state index contributed by atoms with van der Waals surface area (Å²) >= 11 is 0. The van der Waals surface area contributed by atoms with Crippen LogP contribution < -0.4 is 0 Å². The number of aliphatic hydroxyl groups is 2. The summed E-state index contributed by atoms with van der Waals surface area (Å²) in [5.74, 6) is -3.53. The fourth-order valence-corrected chi connectivity index (χ4v) is 2.64. The Morgan fingerprint density at radius 3 is 1.51 bits per heavy atom. The molecule has 188 valence electrons. The molecule has 0 radical (unpaired) electrons. The van der Waals surface area contributed by atoms with E-state index in [4.69, 9.17) is 14.2 Å². The SMILES string of the molecule is CCC(O)COC(=O)c1cc(O)cc(C(=O)OCC(O)COC(=O)c2ccc(C(=O)OC)cc2)c1. The van der Waals surface area contributed by atoms with Crippen LogP contribution in [0.1, 0.15) is 54.8 Å². The Bertz CT molecular complexity index is 1050. The zero-order chi connectivity index (χ0) is 26.0. The maximum atomic E-state index is 12.3. The Morgan fingerprint density at radius 1 is 0.686 bits per heavy atom. The monoisotopic (exact) mass is 490 g/mol. The summed E-state index contributed by atoms with van der Waals surface area (Å²) in [6.07, 6.45) is -1.81. The number of ether oxygens (including phenoxy) is 4. The number of esters is 4. The van der Waals surface area contributed by atoms with Gasteiger partial charge in [-0.1, -0.05) is 6.92 Å². The number of hydrogen-bond donors (Lipinski definition) is 3. The van der Waals surface area contributed by atoms with Gasteiger partial charge >= 0.3 is 23.9 Å². The molecule has 0 aliphatic rings. The van der Waals surface area contributed by atoms with Gasteiger partial charge in [-0.05, 0) is 48.9 Å². The van der Waals surface area contributed by atoms with E-state index >= 15 is 0 Å². The van der Waals surface area contributed by atoms with Crippen molar-refractivity contribution in [1.29, 1.82) is 0 Å². The summed E-state index contributed by atoms with van der Waals surface area (Å²) in [4.78, 5) is 47.8. The van der Waals surface area contributed by atoms with E-state index in [1.165, 1.54) is 31.4 Å². The molecular weight excluding hydrogens is 464 g/mol. The highest BCUT2D eigenvalue weighted by molar-refractivity contribution is 5.96. The van der Waals surface area contributed by atoms with Gasteiger partial charge in [0.05, 0.1) is 35.5 Å². The minimum atomic E-state index is -1.35. The summed E-state index contributed by atoms with van der Waals surface area (Å²) in [7, 11) is 1.23. The molecule has 2 atom stereocenters. The first-order valence-electron chi connectivity index (χ1n) is 10.5. The molecule has 2 rings (SSSR count). The quantitative estimate of drug-likeness (QED) is 0.308. The van der Waals surface area contributed by atoms with E-state index in [9.17, 15) is 34.5 Å². The molecule has 3 N–H and O–H groups in total. The summed E-state index contributed by atoms with van der Waals surface area (Å²) in [6.45, 7) is 0.443. The number of phenols is 1. The molecule has 0 heterocycles. The summed E-state index contributed by atoms with van der Waals surface area (Å²) in [6, 6.07) is 8.75. The molecule has 0 fully saturated rings. The van der Waals surface area contributed by atoms with Crippen molar-refractivity contribution in [3.8, 4) is 5.75 Å². The van der Waals surface area contributed by atoms with Crippen LogP contribution in [0.4, 0.5) is 0 Å². The molecule has 2 aromatic carbocycles. The maximum Gasteiger partial charge on any atom is 0.338 e. The van der Waals surface area contributed by atoms with Crippen LogP contribution in [0, 0.1) is 0 Å². The van der Waals surface area contributed by atoms with E-state index in [1.807, 2.05) is 0 Å². The molecule has 2 aromatic rings. The van der Waals surface area contributed by atoms with E-state index in [2.05, 4.69) is 4.74 Å². The van der Waals surface area contributed by atoms with Gasteiger partial charge in [0.15, 0.2) is 0 Å². The van der Waals surface area contributed by atoms with Crippen molar-refractivity contribution in [2.45, 2.75) is 25.6 Å². The highest BCUT2D eigenvalue weighted by atomic mass is 16.6. The third-order valence-corrected chi connectivity index (χ3v) is 4.62. The molecule has 0 bridgehead atoms. The van der Waals surface area contributed by atoms with E-state index in [0.29, 0.717) is 6.42 Å². The average molecular weight is 490 g/mol. The topological polar surface area (TPSA) is 166 Å². The van der Waals surface area contributed by atoms with Gasteiger partial charge < -0.3 is 34.3 Å². The predicted molar refractivity (Wildman–Crippen MR) is 119 cm³/mol. The first-order valence-corrected chi connectivity index (χ1v) is 10.5. The third kappa shape index (κ3) is 8.40. The lowest BCUT2D eigenvalue weighted by molar-refractivity contribution is -0.00473. The smallest absolute Gasteiger partial charge is 0.338 e. The largest absolute Gasteiger partial charge is 0.508 e. The summed E-state index contributed by atoms with van der Waals surface area (Å²) < 4.78 is 19.4. The zero-order valence-electron chi connectivity index (χ0n) is 19.1. The summed E-state index contributed by atoms with van der Waals surface area (Å²) in [5, 5.41) is 29.3. The van der Waals surface area contributed by atoms with Crippen LogP contribution in [0.15, 0.2) is 42.5 Å². The first kappa shape index (κ1) is 27.3. The van der Waals surface area contributed by atoms with E-state index in [-0.39, 0.29) is 28.9 Å². The van der Waals surface area contributed by atoms with Gasteiger partial charge in [-0.2, -0.15) is 0 Å². The number of aliphatic hydroxyl groups excluding tert-OH is 2. The molecule has 0 aliphatic carbocycles. The minimum absolute atomic E-state index is 0.132. The molecule has 0 saturated heterocycles. The predicted octanol–water partition coefficient (Wildman–Crippen LogP) is 1.48. The molecule has 11 nitrogen and oxygen atoms in total. The van der Waals surface area contributed by atoms with Crippen molar-refractivity contribution < 1.29 is 53.4 Å². The number of carbonyl (C=O) groups is 4. The molecule has 11 heteroatoms. The van der Waals surface area contributed by atoms with Crippen LogP contribution in [-0.2, 0) is 18.9 Å². The molecule has 0 saturated carbocycles. The molecule has 0 amide bonds. The van der Waals surface area contributed by atoms with Gasteiger partial charge in [0.25, 0.3) is 0 Å². The number of phenolic OH excluding ortho intramolecular Hbond substituents is 1. The highest BCUT2D eigenvalue weighted by Crippen LogP contribution is 2.18.